The zero-order valence-corrected chi connectivity index (χ0v) is 24.1. The Balaban J connectivity index is 1.48. The molecule has 6 nitrogen and oxygen atoms in total. The van der Waals surface area contributed by atoms with Crippen LogP contribution in [0.4, 0.5) is 0 Å². The van der Waals surface area contributed by atoms with Crippen LogP contribution in [0.2, 0.25) is 10.0 Å². The van der Waals surface area contributed by atoms with E-state index in [9.17, 15) is 14.7 Å². The van der Waals surface area contributed by atoms with E-state index in [2.05, 4.69) is 12.1 Å². The Morgan fingerprint density at radius 3 is 2.38 bits per heavy atom. The average molecular weight is 583 g/mol. The SMILES string of the molecule is CC1(C)Oc2ccc(Cl)cc2[C@@H]2O[C@H](CCc3ccccc3)[C@@H](C(=O)N(CC(=O)O)Cc3ccc(Cl)cc3)C[C@H]21. The van der Waals surface area contributed by atoms with Crippen LogP contribution in [0.3, 0.4) is 0 Å². The van der Waals surface area contributed by atoms with Crippen LogP contribution in [0.5, 0.6) is 5.75 Å². The predicted molar refractivity (Wildman–Crippen MR) is 155 cm³/mol. The van der Waals surface area contributed by atoms with Crippen LogP contribution in [-0.2, 0) is 27.3 Å². The van der Waals surface area contributed by atoms with Gasteiger partial charge < -0.3 is 19.5 Å². The normalized spacial score (nSPS) is 22.9. The summed E-state index contributed by atoms with van der Waals surface area (Å²) in [5.41, 5.74) is 2.23. The highest BCUT2D eigenvalue weighted by Crippen LogP contribution is 2.53. The molecule has 5 rings (SSSR count). The second-order valence-electron chi connectivity index (χ2n) is 11.2. The van der Waals surface area contributed by atoms with Crippen molar-refractivity contribution in [2.45, 2.75) is 57.5 Å². The highest BCUT2D eigenvalue weighted by Gasteiger charge is 2.52. The number of rotatable bonds is 8. The first-order valence-corrected chi connectivity index (χ1v) is 14.3. The van der Waals surface area contributed by atoms with Gasteiger partial charge in [-0.3, -0.25) is 9.59 Å². The number of carbonyl (C=O) groups excluding carboxylic acids is 1. The third-order valence-corrected chi connectivity index (χ3v) is 8.48. The van der Waals surface area contributed by atoms with E-state index in [1.807, 2.05) is 56.3 Å². The molecule has 1 saturated heterocycles. The summed E-state index contributed by atoms with van der Waals surface area (Å²) in [7, 11) is 0. The van der Waals surface area contributed by atoms with Crippen molar-refractivity contribution in [2.24, 2.45) is 11.8 Å². The lowest BCUT2D eigenvalue weighted by Gasteiger charge is -2.51. The highest BCUT2D eigenvalue weighted by atomic mass is 35.5. The molecule has 2 heterocycles. The van der Waals surface area contributed by atoms with E-state index in [-0.39, 0.29) is 24.5 Å². The summed E-state index contributed by atoms with van der Waals surface area (Å²) >= 11 is 12.4. The molecule has 0 aromatic heterocycles. The van der Waals surface area contributed by atoms with Crippen LogP contribution < -0.4 is 4.74 Å². The molecule has 4 atom stereocenters. The molecule has 0 saturated carbocycles. The molecule has 0 unspecified atom stereocenters. The third kappa shape index (κ3) is 6.30. The number of hydrogen-bond donors (Lipinski definition) is 1. The van der Waals surface area contributed by atoms with Crippen LogP contribution in [0.25, 0.3) is 0 Å². The molecule has 40 heavy (non-hydrogen) atoms. The first-order valence-electron chi connectivity index (χ1n) is 13.5. The molecule has 0 aliphatic carbocycles. The molecule has 8 heteroatoms. The molecule has 0 radical (unpaired) electrons. The number of carboxylic acid groups (broad SMARTS) is 1. The summed E-state index contributed by atoms with van der Waals surface area (Å²) in [5, 5.41) is 10.9. The van der Waals surface area contributed by atoms with Gasteiger partial charge in [-0.1, -0.05) is 65.7 Å². The highest BCUT2D eigenvalue weighted by molar-refractivity contribution is 6.30. The maximum absolute atomic E-state index is 14.2. The number of hydrogen-bond acceptors (Lipinski definition) is 4. The minimum Gasteiger partial charge on any atom is -0.487 e. The molecular weight excluding hydrogens is 549 g/mol. The van der Waals surface area contributed by atoms with E-state index in [0.29, 0.717) is 22.9 Å². The second-order valence-corrected chi connectivity index (χ2v) is 12.0. The van der Waals surface area contributed by atoms with E-state index in [0.717, 1.165) is 28.9 Å². The number of carboxylic acids is 1. The smallest absolute Gasteiger partial charge is 0.323 e. The largest absolute Gasteiger partial charge is 0.487 e. The van der Waals surface area contributed by atoms with Gasteiger partial charge >= 0.3 is 5.97 Å². The summed E-state index contributed by atoms with van der Waals surface area (Å²) in [6, 6.07) is 22.7. The number of halogens is 2. The van der Waals surface area contributed by atoms with Crippen molar-refractivity contribution >= 4 is 35.1 Å². The number of nitrogens with zero attached hydrogens (tertiary/aromatic N) is 1. The quantitative estimate of drug-likeness (QED) is 0.311. The molecule has 1 fully saturated rings. The summed E-state index contributed by atoms with van der Waals surface area (Å²) in [5.74, 6) is -1.25. The number of benzene rings is 3. The van der Waals surface area contributed by atoms with E-state index >= 15 is 0 Å². The molecule has 0 bridgehead atoms. The lowest BCUT2D eigenvalue weighted by Crippen LogP contribution is -2.54. The number of aliphatic carboxylic acids is 1. The zero-order chi connectivity index (χ0) is 28.4. The van der Waals surface area contributed by atoms with Crippen molar-refractivity contribution < 1.29 is 24.2 Å². The second kappa shape index (κ2) is 11.8. The Morgan fingerprint density at radius 1 is 0.975 bits per heavy atom. The monoisotopic (exact) mass is 581 g/mol. The van der Waals surface area contributed by atoms with Gasteiger partial charge in [0, 0.05) is 28.1 Å². The van der Waals surface area contributed by atoms with Crippen LogP contribution in [0.15, 0.2) is 72.8 Å². The van der Waals surface area contributed by atoms with Gasteiger partial charge in [-0.05, 0) is 74.6 Å². The van der Waals surface area contributed by atoms with Gasteiger partial charge in [-0.15, -0.1) is 0 Å². The summed E-state index contributed by atoms with van der Waals surface area (Å²) in [4.78, 5) is 27.5. The number of carbonyl (C=O) groups is 2. The summed E-state index contributed by atoms with van der Waals surface area (Å²) < 4.78 is 13.2. The van der Waals surface area contributed by atoms with Gasteiger partial charge in [-0.25, -0.2) is 0 Å². The van der Waals surface area contributed by atoms with Gasteiger partial charge in [0.15, 0.2) is 0 Å². The van der Waals surface area contributed by atoms with Gasteiger partial charge in [0.05, 0.1) is 18.1 Å². The van der Waals surface area contributed by atoms with Crippen molar-refractivity contribution in [1.29, 1.82) is 0 Å². The maximum atomic E-state index is 14.2. The fraction of sp³-hybridized carbons (Fsp3) is 0.375. The van der Waals surface area contributed by atoms with Gasteiger partial charge in [0.2, 0.25) is 5.91 Å². The van der Waals surface area contributed by atoms with E-state index < -0.39 is 30.1 Å². The fourth-order valence-electron chi connectivity index (χ4n) is 5.96. The Hall–Kier alpha value is -3.06. The minimum absolute atomic E-state index is 0.136. The van der Waals surface area contributed by atoms with Crippen molar-refractivity contribution in [3.8, 4) is 5.75 Å². The number of amides is 1. The molecule has 3 aromatic rings. The molecule has 1 N–H and O–H groups in total. The summed E-state index contributed by atoms with van der Waals surface area (Å²) in [6.07, 6.45) is 1.12. The van der Waals surface area contributed by atoms with Crippen LogP contribution in [-0.4, -0.2) is 40.1 Å². The molecule has 2 aliphatic rings. The lowest BCUT2D eigenvalue weighted by molar-refractivity contribution is -0.186. The number of fused-ring (bicyclic) bond motifs is 3. The molecule has 0 spiro atoms. The van der Waals surface area contributed by atoms with Crippen LogP contribution in [0.1, 0.15) is 49.5 Å². The van der Waals surface area contributed by atoms with Crippen LogP contribution in [0, 0.1) is 11.8 Å². The minimum atomic E-state index is -1.07. The number of aryl methyl sites for hydroxylation is 1. The predicted octanol–water partition coefficient (Wildman–Crippen LogP) is 6.97. The Labute approximate surface area is 244 Å². The Morgan fingerprint density at radius 2 is 1.68 bits per heavy atom. The van der Waals surface area contributed by atoms with Crippen molar-refractivity contribution in [3.05, 3.63) is 99.5 Å². The van der Waals surface area contributed by atoms with Crippen molar-refractivity contribution in [2.75, 3.05) is 6.54 Å². The lowest BCUT2D eigenvalue weighted by atomic mass is 9.71. The zero-order valence-electron chi connectivity index (χ0n) is 22.6. The van der Waals surface area contributed by atoms with Crippen molar-refractivity contribution in [1.82, 2.24) is 4.90 Å². The van der Waals surface area contributed by atoms with Gasteiger partial charge in [0.1, 0.15) is 17.9 Å². The van der Waals surface area contributed by atoms with E-state index in [1.54, 1.807) is 18.2 Å². The Kier molecular flexibility index (Phi) is 8.41. The fourth-order valence-corrected chi connectivity index (χ4v) is 6.27. The molecule has 210 valence electrons. The summed E-state index contributed by atoms with van der Waals surface area (Å²) in [6.45, 7) is 3.78. The van der Waals surface area contributed by atoms with E-state index in [1.165, 1.54) is 4.90 Å². The maximum Gasteiger partial charge on any atom is 0.323 e. The Bertz CT molecular complexity index is 1360. The molecule has 3 aromatic carbocycles. The number of ether oxygens (including phenoxy) is 2. The van der Waals surface area contributed by atoms with Gasteiger partial charge in [0.25, 0.3) is 0 Å². The first-order chi connectivity index (χ1) is 19.1. The molecule has 1 amide bonds. The standard InChI is InChI=1S/C32H33Cl2NO5/c1-32(2)26-17-25(31(38)35(19-29(36)37)18-21-8-11-22(33)12-9-21)27(14-10-20-6-4-3-5-7-20)39-30(26)24-16-23(34)13-15-28(24)40-32/h3-9,11-13,15-16,25-27,30H,10,14,17-19H2,1-2H3,(H,36,37)/t25-,26+,27+,30-/m0/s1. The van der Waals surface area contributed by atoms with E-state index in [4.69, 9.17) is 32.7 Å². The first kappa shape index (κ1) is 28.5. The van der Waals surface area contributed by atoms with Crippen molar-refractivity contribution in [3.63, 3.8) is 0 Å². The molecule has 2 aliphatic heterocycles. The average Bonchev–Trinajstić information content (AvgIpc) is 2.92. The van der Waals surface area contributed by atoms with Gasteiger partial charge in [-0.2, -0.15) is 0 Å². The third-order valence-electron chi connectivity index (χ3n) is 7.99. The topological polar surface area (TPSA) is 76.1 Å². The van der Waals surface area contributed by atoms with Crippen LogP contribution >= 0.6 is 23.2 Å². The molecular formula is C32H33Cl2NO5.